The average molecular weight is 786 g/mol. The summed E-state index contributed by atoms with van der Waals surface area (Å²) in [6.45, 7) is 4.65. The van der Waals surface area contributed by atoms with E-state index in [0.29, 0.717) is 0 Å². The van der Waals surface area contributed by atoms with E-state index in [-0.39, 0.29) is 0 Å². The van der Waals surface area contributed by atoms with Crippen LogP contribution >= 0.6 is 0 Å². The fraction of sp³-hybridized carbons (Fsp3) is 0.100. The van der Waals surface area contributed by atoms with Crippen molar-refractivity contribution >= 4 is 39.0 Å². The van der Waals surface area contributed by atoms with Crippen molar-refractivity contribution in [2.75, 3.05) is 4.90 Å². The lowest BCUT2D eigenvalue weighted by atomic mass is 9.76. The van der Waals surface area contributed by atoms with Crippen molar-refractivity contribution in [2.24, 2.45) is 0 Å². The standard InChI is InChI=1S/C60H51N/c1-3-23-54(50-38-37-49-42-53(40-39-48(49)41-50)61(51-33-19-9-20-34-51)52-35-21-10-22-36-52)55(24-4-2)57-43-56(44-25-11-5-12-26-44)58(45-27-13-6-14-28-45)60(47-31-17-8-18-32-47)59(57)46-29-15-7-16-30-46/h5-22,25-43H,3-4,23-24H2,1-2H3. The van der Waals surface area contributed by atoms with Crippen LogP contribution in [0.5, 0.6) is 0 Å². The Kier molecular flexibility index (Phi) is 11.8. The normalized spacial score (nSPS) is 11.6. The lowest BCUT2D eigenvalue weighted by Gasteiger charge is -2.27. The summed E-state index contributed by atoms with van der Waals surface area (Å²) in [6.07, 6.45) is 4.01. The number of para-hydroxylation sites is 2. The first kappa shape index (κ1) is 39.3. The molecule has 9 rings (SSSR count). The molecule has 9 aromatic carbocycles. The minimum atomic E-state index is 0.961. The van der Waals surface area contributed by atoms with Gasteiger partial charge in [0.15, 0.2) is 0 Å². The van der Waals surface area contributed by atoms with E-state index in [9.17, 15) is 0 Å². The van der Waals surface area contributed by atoms with E-state index in [1.165, 1.54) is 77.6 Å². The Hall–Kier alpha value is -7.22. The van der Waals surface area contributed by atoms with Crippen LogP contribution in [-0.2, 0) is 0 Å². The van der Waals surface area contributed by atoms with E-state index in [1.54, 1.807) is 0 Å². The van der Waals surface area contributed by atoms with Gasteiger partial charge in [-0.25, -0.2) is 0 Å². The Bertz CT molecular complexity index is 2840. The van der Waals surface area contributed by atoms with Crippen LogP contribution in [0.3, 0.4) is 0 Å². The van der Waals surface area contributed by atoms with Crippen LogP contribution in [0.4, 0.5) is 17.1 Å². The molecule has 0 bridgehead atoms. The van der Waals surface area contributed by atoms with E-state index < -0.39 is 0 Å². The van der Waals surface area contributed by atoms with Crippen LogP contribution in [-0.4, -0.2) is 0 Å². The lowest BCUT2D eigenvalue weighted by Crippen LogP contribution is -2.09. The molecular weight excluding hydrogens is 735 g/mol. The maximum absolute atomic E-state index is 2.53. The molecule has 0 atom stereocenters. The van der Waals surface area contributed by atoms with Gasteiger partial charge in [0.2, 0.25) is 0 Å². The van der Waals surface area contributed by atoms with Crippen molar-refractivity contribution in [3.05, 3.63) is 236 Å². The van der Waals surface area contributed by atoms with Gasteiger partial charge in [-0.2, -0.15) is 0 Å². The quantitative estimate of drug-likeness (QED) is 0.105. The zero-order valence-electron chi connectivity index (χ0n) is 35.1. The first-order chi connectivity index (χ1) is 30.2. The fourth-order valence-electron chi connectivity index (χ4n) is 9.05. The van der Waals surface area contributed by atoms with E-state index >= 15 is 0 Å². The molecule has 0 spiro atoms. The summed E-state index contributed by atoms with van der Waals surface area (Å²) in [4.78, 5) is 2.34. The van der Waals surface area contributed by atoms with Crippen LogP contribution in [0, 0.1) is 0 Å². The van der Waals surface area contributed by atoms with Crippen molar-refractivity contribution in [3.8, 4) is 44.5 Å². The van der Waals surface area contributed by atoms with Crippen molar-refractivity contribution in [3.63, 3.8) is 0 Å². The Labute approximate surface area is 362 Å². The molecule has 0 aliphatic rings. The second kappa shape index (κ2) is 18.4. The molecule has 0 heterocycles. The molecule has 1 heteroatoms. The Morgan fingerprint density at radius 1 is 0.344 bits per heavy atom. The molecule has 0 aromatic heterocycles. The lowest BCUT2D eigenvalue weighted by molar-refractivity contribution is 0.945. The second-order valence-electron chi connectivity index (χ2n) is 15.8. The van der Waals surface area contributed by atoms with Crippen LogP contribution in [0.25, 0.3) is 66.4 Å². The summed E-state index contributed by atoms with van der Waals surface area (Å²) in [5.74, 6) is 0. The first-order valence-corrected chi connectivity index (χ1v) is 21.8. The molecule has 296 valence electrons. The molecule has 0 saturated heterocycles. The van der Waals surface area contributed by atoms with Gasteiger partial charge >= 0.3 is 0 Å². The summed E-state index contributed by atoms with van der Waals surface area (Å²) >= 11 is 0. The molecule has 0 radical (unpaired) electrons. The molecule has 0 N–H and O–H groups in total. The number of allylic oxidation sites excluding steroid dienone is 2. The molecule has 0 amide bonds. The third-order valence-corrected chi connectivity index (χ3v) is 11.7. The SMILES string of the molecule is CCCC(=C(CCC)c1cc(-c2ccccc2)c(-c2ccccc2)c(-c2ccccc2)c1-c1ccccc1)c1ccc2cc(N(c3ccccc3)c3ccccc3)ccc2c1. The topological polar surface area (TPSA) is 3.24 Å². The summed E-state index contributed by atoms with van der Waals surface area (Å²) in [7, 11) is 0. The summed E-state index contributed by atoms with van der Waals surface area (Å²) in [5, 5.41) is 2.46. The minimum Gasteiger partial charge on any atom is -0.310 e. The molecule has 0 aliphatic heterocycles. The van der Waals surface area contributed by atoms with E-state index in [1.807, 2.05) is 0 Å². The van der Waals surface area contributed by atoms with Gasteiger partial charge in [-0.3, -0.25) is 0 Å². The van der Waals surface area contributed by atoms with Crippen molar-refractivity contribution in [1.29, 1.82) is 0 Å². The van der Waals surface area contributed by atoms with Gasteiger partial charge < -0.3 is 4.90 Å². The Morgan fingerprint density at radius 3 is 1.30 bits per heavy atom. The number of hydrogen-bond donors (Lipinski definition) is 0. The molecule has 0 aliphatic carbocycles. The van der Waals surface area contributed by atoms with Crippen molar-refractivity contribution in [2.45, 2.75) is 39.5 Å². The van der Waals surface area contributed by atoms with Gasteiger partial charge in [0.1, 0.15) is 0 Å². The van der Waals surface area contributed by atoms with Gasteiger partial charge in [-0.05, 0) is 139 Å². The molecule has 0 unspecified atom stereocenters. The number of nitrogens with zero attached hydrogens (tertiary/aromatic N) is 1. The Balaban J connectivity index is 1.31. The molecule has 0 fully saturated rings. The molecule has 0 saturated carbocycles. The van der Waals surface area contributed by atoms with Crippen LogP contribution in [0.1, 0.15) is 50.7 Å². The van der Waals surface area contributed by atoms with E-state index in [0.717, 1.165) is 42.7 Å². The van der Waals surface area contributed by atoms with E-state index in [2.05, 4.69) is 243 Å². The maximum Gasteiger partial charge on any atom is 0.0468 e. The highest BCUT2D eigenvalue weighted by Gasteiger charge is 2.26. The molecule has 61 heavy (non-hydrogen) atoms. The number of rotatable bonds is 13. The van der Waals surface area contributed by atoms with Crippen molar-refractivity contribution in [1.82, 2.24) is 0 Å². The van der Waals surface area contributed by atoms with Crippen LogP contribution < -0.4 is 4.90 Å². The van der Waals surface area contributed by atoms with Crippen molar-refractivity contribution < 1.29 is 0 Å². The number of benzene rings is 9. The number of fused-ring (bicyclic) bond motifs is 1. The summed E-state index contributed by atoms with van der Waals surface area (Å²) < 4.78 is 0. The summed E-state index contributed by atoms with van der Waals surface area (Å²) in [5.41, 5.74) is 18.8. The first-order valence-electron chi connectivity index (χ1n) is 21.8. The average Bonchev–Trinajstić information content (AvgIpc) is 3.34. The maximum atomic E-state index is 2.53. The smallest absolute Gasteiger partial charge is 0.0468 e. The van der Waals surface area contributed by atoms with E-state index in [4.69, 9.17) is 0 Å². The van der Waals surface area contributed by atoms with Gasteiger partial charge in [0, 0.05) is 17.1 Å². The zero-order chi connectivity index (χ0) is 41.4. The predicted octanol–water partition coefficient (Wildman–Crippen LogP) is 17.5. The second-order valence-corrected chi connectivity index (χ2v) is 15.8. The van der Waals surface area contributed by atoms with Gasteiger partial charge in [0.25, 0.3) is 0 Å². The highest BCUT2D eigenvalue weighted by Crippen LogP contribution is 2.51. The zero-order valence-corrected chi connectivity index (χ0v) is 35.1. The summed E-state index contributed by atoms with van der Waals surface area (Å²) in [6, 6.07) is 82.1. The third kappa shape index (κ3) is 8.21. The third-order valence-electron chi connectivity index (χ3n) is 11.7. The van der Waals surface area contributed by atoms with Gasteiger partial charge in [-0.15, -0.1) is 0 Å². The minimum absolute atomic E-state index is 0.961. The van der Waals surface area contributed by atoms with Crippen LogP contribution in [0.15, 0.2) is 224 Å². The fourth-order valence-corrected chi connectivity index (χ4v) is 9.05. The molecule has 1 nitrogen and oxygen atoms in total. The van der Waals surface area contributed by atoms with Gasteiger partial charge in [-0.1, -0.05) is 203 Å². The Morgan fingerprint density at radius 2 is 0.770 bits per heavy atom. The monoisotopic (exact) mass is 785 g/mol. The largest absolute Gasteiger partial charge is 0.310 e. The van der Waals surface area contributed by atoms with Crippen LogP contribution in [0.2, 0.25) is 0 Å². The number of anilines is 3. The molecule has 9 aromatic rings. The highest BCUT2D eigenvalue weighted by atomic mass is 15.1. The molecular formula is C60H51N. The number of hydrogen-bond acceptors (Lipinski definition) is 1. The van der Waals surface area contributed by atoms with Gasteiger partial charge in [0.05, 0.1) is 0 Å². The predicted molar refractivity (Wildman–Crippen MR) is 263 cm³/mol. The highest BCUT2D eigenvalue weighted by molar-refractivity contribution is 6.08.